The molecule has 0 radical (unpaired) electrons. The van der Waals surface area contributed by atoms with E-state index in [1.165, 1.54) is 0 Å². The predicted molar refractivity (Wildman–Crippen MR) is 37.6 cm³/mol. The van der Waals surface area contributed by atoms with E-state index in [4.69, 9.17) is 10.2 Å². The second-order valence-corrected chi connectivity index (χ2v) is 2.20. The third-order valence-corrected chi connectivity index (χ3v) is 1.36. The largest absolute Gasteiger partial charge is 0.396 e. The Balaban J connectivity index is 3.41. The Morgan fingerprint density at radius 1 is 1.60 bits per heavy atom. The minimum atomic E-state index is -0.864. The lowest BCUT2D eigenvalue weighted by atomic mass is 10.1. The first kappa shape index (κ1) is 9.59. The molecule has 0 spiro atoms. The summed E-state index contributed by atoms with van der Waals surface area (Å²) in [6.45, 7) is 1.75. The Labute approximate surface area is 60.7 Å². The highest BCUT2D eigenvalue weighted by atomic mass is 16.3. The highest BCUT2D eigenvalue weighted by molar-refractivity contribution is 5.82. The molecule has 0 amide bonds. The maximum atomic E-state index is 10.7. The van der Waals surface area contributed by atoms with E-state index in [1.807, 2.05) is 0 Å². The number of aliphatic hydroxyl groups is 2. The van der Waals surface area contributed by atoms with Gasteiger partial charge in [0.15, 0.2) is 5.78 Å². The fourth-order valence-corrected chi connectivity index (χ4v) is 0.681. The topological polar surface area (TPSA) is 57.5 Å². The summed E-state index contributed by atoms with van der Waals surface area (Å²) in [5.74, 6) is -0.145. The Hall–Kier alpha value is -0.410. The third-order valence-electron chi connectivity index (χ3n) is 1.36. The van der Waals surface area contributed by atoms with E-state index in [2.05, 4.69) is 0 Å². The van der Waals surface area contributed by atoms with Crippen LogP contribution < -0.4 is 0 Å². The van der Waals surface area contributed by atoms with Gasteiger partial charge in [-0.1, -0.05) is 6.92 Å². The Morgan fingerprint density at radius 3 is 2.60 bits per heavy atom. The van der Waals surface area contributed by atoms with Gasteiger partial charge in [0.2, 0.25) is 0 Å². The normalized spacial score (nSPS) is 13.1. The molecule has 0 saturated carbocycles. The zero-order valence-corrected chi connectivity index (χ0v) is 6.21. The van der Waals surface area contributed by atoms with Crippen LogP contribution in [0.4, 0.5) is 0 Å². The molecule has 1 atom stereocenters. The molecular weight excluding hydrogens is 132 g/mol. The molecule has 0 aromatic heterocycles. The molecule has 0 aromatic rings. The lowest BCUT2D eigenvalue weighted by Crippen LogP contribution is -2.19. The second-order valence-electron chi connectivity index (χ2n) is 2.20. The number of rotatable bonds is 5. The molecule has 2 N–H and O–H groups in total. The van der Waals surface area contributed by atoms with Crippen LogP contribution in [0.15, 0.2) is 0 Å². The van der Waals surface area contributed by atoms with Crippen molar-refractivity contribution >= 4 is 5.78 Å². The van der Waals surface area contributed by atoms with Gasteiger partial charge in [-0.15, -0.1) is 0 Å². The quantitative estimate of drug-likeness (QED) is 0.578. The van der Waals surface area contributed by atoms with E-state index in [-0.39, 0.29) is 12.4 Å². The maximum absolute atomic E-state index is 10.7. The van der Waals surface area contributed by atoms with E-state index in [0.29, 0.717) is 19.3 Å². The van der Waals surface area contributed by atoms with E-state index in [0.717, 1.165) is 0 Å². The average molecular weight is 146 g/mol. The summed E-state index contributed by atoms with van der Waals surface area (Å²) in [4.78, 5) is 10.7. The van der Waals surface area contributed by atoms with Gasteiger partial charge in [-0.2, -0.15) is 0 Å². The molecule has 0 aliphatic rings. The summed E-state index contributed by atoms with van der Waals surface area (Å²) < 4.78 is 0. The van der Waals surface area contributed by atoms with Crippen molar-refractivity contribution in [3.8, 4) is 0 Å². The van der Waals surface area contributed by atoms with Crippen molar-refractivity contribution in [1.82, 2.24) is 0 Å². The van der Waals surface area contributed by atoms with Crippen molar-refractivity contribution in [1.29, 1.82) is 0 Å². The molecule has 0 rings (SSSR count). The SMILES string of the molecule is CCC(=O)C(O)CCCO. The number of Topliss-reactive ketones (excluding diaryl/α,β-unsaturated/α-hetero) is 1. The van der Waals surface area contributed by atoms with Crippen LogP contribution in [0.1, 0.15) is 26.2 Å². The highest BCUT2D eigenvalue weighted by Crippen LogP contribution is 1.99. The third kappa shape index (κ3) is 3.58. The fourth-order valence-electron chi connectivity index (χ4n) is 0.681. The molecule has 1 unspecified atom stereocenters. The number of carbonyl (C=O) groups is 1. The van der Waals surface area contributed by atoms with Crippen molar-refractivity contribution < 1.29 is 15.0 Å². The molecule has 0 bridgehead atoms. The molecule has 0 aromatic carbocycles. The number of carbonyl (C=O) groups excluding carboxylic acids is 1. The summed E-state index contributed by atoms with van der Waals surface area (Å²) in [6, 6.07) is 0. The standard InChI is InChI=1S/C7H14O3/c1-2-6(9)7(10)4-3-5-8/h7-8,10H,2-5H2,1H3. The van der Waals surface area contributed by atoms with Crippen molar-refractivity contribution in [2.45, 2.75) is 32.3 Å². The lowest BCUT2D eigenvalue weighted by molar-refractivity contribution is -0.127. The summed E-state index contributed by atoms with van der Waals surface area (Å²) in [7, 11) is 0. The highest BCUT2D eigenvalue weighted by Gasteiger charge is 2.10. The lowest BCUT2D eigenvalue weighted by Gasteiger charge is -2.05. The van der Waals surface area contributed by atoms with Crippen LogP contribution in [-0.4, -0.2) is 28.7 Å². The Kier molecular flexibility index (Phi) is 5.16. The van der Waals surface area contributed by atoms with Crippen LogP contribution in [0.25, 0.3) is 0 Å². The minimum Gasteiger partial charge on any atom is -0.396 e. The van der Waals surface area contributed by atoms with Crippen LogP contribution in [0.5, 0.6) is 0 Å². The molecule has 10 heavy (non-hydrogen) atoms. The zero-order chi connectivity index (χ0) is 7.98. The number of aliphatic hydroxyl groups excluding tert-OH is 2. The van der Waals surface area contributed by atoms with Crippen LogP contribution >= 0.6 is 0 Å². The molecule has 60 valence electrons. The van der Waals surface area contributed by atoms with Crippen LogP contribution in [-0.2, 0) is 4.79 Å². The first-order chi connectivity index (χ1) is 4.72. The monoisotopic (exact) mass is 146 g/mol. The molecule has 0 aliphatic heterocycles. The maximum Gasteiger partial charge on any atom is 0.160 e. The molecule has 3 heteroatoms. The first-order valence-corrected chi connectivity index (χ1v) is 3.54. The molecule has 0 fully saturated rings. The van der Waals surface area contributed by atoms with Crippen LogP contribution in [0, 0.1) is 0 Å². The van der Waals surface area contributed by atoms with Crippen molar-refractivity contribution in [2.75, 3.05) is 6.61 Å². The number of hydrogen-bond acceptors (Lipinski definition) is 3. The zero-order valence-electron chi connectivity index (χ0n) is 6.21. The molecular formula is C7H14O3. The van der Waals surface area contributed by atoms with Gasteiger partial charge in [-0.3, -0.25) is 4.79 Å². The summed E-state index contributed by atoms with van der Waals surface area (Å²) in [5, 5.41) is 17.3. The van der Waals surface area contributed by atoms with Gasteiger partial charge in [0, 0.05) is 13.0 Å². The summed E-state index contributed by atoms with van der Waals surface area (Å²) in [6.07, 6.45) is 0.375. The van der Waals surface area contributed by atoms with Gasteiger partial charge in [0.25, 0.3) is 0 Å². The molecule has 0 aliphatic carbocycles. The van der Waals surface area contributed by atoms with Gasteiger partial charge in [0.1, 0.15) is 6.10 Å². The van der Waals surface area contributed by atoms with Crippen molar-refractivity contribution in [3.63, 3.8) is 0 Å². The Morgan fingerprint density at radius 2 is 2.20 bits per heavy atom. The van der Waals surface area contributed by atoms with Gasteiger partial charge in [0.05, 0.1) is 0 Å². The minimum absolute atomic E-state index is 0.0358. The van der Waals surface area contributed by atoms with Gasteiger partial charge in [-0.05, 0) is 12.8 Å². The van der Waals surface area contributed by atoms with Gasteiger partial charge in [-0.25, -0.2) is 0 Å². The molecule has 0 saturated heterocycles. The van der Waals surface area contributed by atoms with E-state index in [9.17, 15) is 4.79 Å². The van der Waals surface area contributed by atoms with Crippen molar-refractivity contribution in [3.05, 3.63) is 0 Å². The van der Waals surface area contributed by atoms with Crippen molar-refractivity contribution in [2.24, 2.45) is 0 Å². The average Bonchev–Trinajstić information content (AvgIpc) is 1.98. The number of ketones is 1. The molecule has 0 heterocycles. The molecule has 3 nitrogen and oxygen atoms in total. The summed E-state index contributed by atoms with van der Waals surface area (Å²) >= 11 is 0. The van der Waals surface area contributed by atoms with Gasteiger partial charge < -0.3 is 10.2 Å². The first-order valence-electron chi connectivity index (χ1n) is 3.54. The fraction of sp³-hybridized carbons (Fsp3) is 0.857. The smallest absolute Gasteiger partial charge is 0.160 e. The number of hydrogen-bond donors (Lipinski definition) is 2. The van der Waals surface area contributed by atoms with E-state index in [1.54, 1.807) is 6.92 Å². The van der Waals surface area contributed by atoms with E-state index < -0.39 is 6.10 Å². The van der Waals surface area contributed by atoms with E-state index >= 15 is 0 Å². The second kappa shape index (κ2) is 5.38. The summed E-state index contributed by atoms with van der Waals surface area (Å²) in [5.41, 5.74) is 0. The Bertz CT molecular complexity index is 101. The van der Waals surface area contributed by atoms with Gasteiger partial charge >= 0.3 is 0 Å². The van der Waals surface area contributed by atoms with Crippen LogP contribution in [0.2, 0.25) is 0 Å². The van der Waals surface area contributed by atoms with Crippen LogP contribution in [0.3, 0.4) is 0 Å². The predicted octanol–water partition coefficient (Wildman–Crippen LogP) is 0.0989.